The lowest BCUT2D eigenvalue weighted by atomic mass is 9.99. The van der Waals surface area contributed by atoms with Crippen molar-refractivity contribution in [2.45, 2.75) is 43.9 Å². The second-order valence-electron chi connectivity index (χ2n) is 14.8. The van der Waals surface area contributed by atoms with E-state index in [2.05, 4.69) is 35.9 Å². The van der Waals surface area contributed by atoms with Gasteiger partial charge in [0, 0.05) is 50.6 Å². The van der Waals surface area contributed by atoms with E-state index in [0.717, 1.165) is 11.2 Å². The first kappa shape index (κ1) is 44.5. The lowest BCUT2D eigenvalue weighted by Crippen LogP contribution is -2.54. The van der Waals surface area contributed by atoms with Gasteiger partial charge in [0.15, 0.2) is 11.4 Å². The molecule has 1 atom stereocenters. The van der Waals surface area contributed by atoms with E-state index >= 15 is 0 Å². The van der Waals surface area contributed by atoms with Gasteiger partial charge in [0.25, 0.3) is 23.6 Å². The molecule has 2 saturated heterocycles. The summed E-state index contributed by atoms with van der Waals surface area (Å²) in [6.45, 7) is 2.85. The molecular weight excluding hydrogens is 837 g/mol. The minimum atomic E-state index is -4.45. The number of hydrogen-bond donors (Lipinski definition) is 4. The van der Waals surface area contributed by atoms with E-state index in [1.54, 1.807) is 22.9 Å². The molecule has 334 valence electrons. The molecule has 0 radical (unpaired) electrons. The molecule has 4 aromatic rings. The number of alkyl halides is 3. The molecule has 5 N–H and O–H groups in total. The highest BCUT2D eigenvalue weighted by Crippen LogP contribution is 2.31. The van der Waals surface area contributed by atoms with Crippen LogP contribution >= 0.6 is 0 Å². The van der Waals surface area contributed by atoms with Gasteiger partial charge in [-0.1, -0.05) is 12.1 Å². The molecule has 3 aliphatic rings. The van der Waals surface area contributed by atoms with Crippen molar-refractivity contribution < 1.29 is 60.6 Å². The molecule has 3 aliphatic heterocycles. The van der Waals surface area contributed by atoms with Crippen molar-refractivity contribution in [2.24, 2.45) is 5.73 Å². The molecule has 6 heterocycles. The van der Waals surface area contributed by atoms with Crippen LogP contribution in [0.4, 0.5) is 24.7 Å². The molecule has 1 unspecified atom stereocenters. The monoisotopic (exact) mass is 880 g/mol. The van der Waals surface area contributed by atoms with Crippen LogP contribution < -0.4 is 21.7 Å². The number of ether oxygens (including phenoxy) is 3. The summed E-state index contributed by atoms with van der Waals surface area (Å²) in [5, 5.41) is 11.2. The van der Waals surface area contributed by atoms with E-state index in [9.17, 15) is 41.9 Å². The van der Waals surface area contributed by atoms with Crippen molar-refractivity contribution in [2.75, 3.05) is 76.5 Å². The smallest absolute Gasteiger partial charge is 0.405 e. The van der Waals surface area contributed by atoms with Crippen LogP contribution in [0.1, 0.15) is 72.6 Å². The third-order valence-electron chi connectivity index (χ3n) is 10.3. The summed E-state index contributed by atoms with van der Waals surface area (Å²) in [6.07, 6.45) is 0.606. The number of imide groups is 2. The first-order valence-corrected chi connectivity index (χ1v) is 20.0. The van der Waals surface area contributed by atoms with E-state index < -0.39 is 54.2 Å². The number of aromatic nitrogens is 4. The molecule has 1 aromatic carbocycles. The Morgan fingerprint density at radius 2 is 1.73 bits per heavy atom. The van der Waals surface area contributed by atoms with E-state index in [-0.39, 0.29) is 64.4 Å². The van der Waals surface area contributed by atoms with Gasteiger partial charge in [-0.15, -0.1) is 0 Å². The molecule has 0 aliphatic carbocycles. The van der Waals surface area contributed by atoms with Crippen molar-refractivity contribution in [1.82, 2.24) is 34.9 Å². The Morgan fingerprint density at radius 3 is 2.46 bits per heavy atom. The molecule has 0 spiro atoms. The van der Waals surface area contributed by atoms with E-state index in [1.807, 2.05) is 0 Å². The predicted molar refractivity (Wildman–Crippen MR) is 212 cm³/mol. The number of nitrogens with one attached hydrogen (secondary N) is 3. The number of benzene rings is 1. The summed E-state index contributed by atoms with van der Waals surface area (Å²) in [6, 6.07) is 6.68. The molecule has 6 amide bonds. The van der Waals surface area contributed by atoms with Gasteiger partial charge in [0.1, 0.15) is 24.7 Å². The van der Waals surface area contributed by atoms with Crippen molar-refractivity contribution >= 4 is 46.9 Å². The van der Waals surface area contributed by atoms with Crippen LogP contribution in [-0.2, 0) is 30.2 Å². The molecular formula is C40H43F3N10O10. The molecule has 20 nitrogen and oxygen atoms in total. The summed E-state index contributed by atoms with van der Waals surface area (Å²) in [5.74, 6) is -3.84. The van der Waals surface area contributed by atoms with Crippen LogP contribution in [0.15, 0.2) is 53.4 Å². The van der Waals surface area contributed by atoms with Crippen molar-refractivity contribution in [1.29, 1.82) is 0 Å². The van der Waals surface area contributed by atoms with Crippen LogP contribution in [-0.4, -0.2) is 143 Å². The number of oxazole rings is 1. The van der Waals surface area contributed by atoms with Crippen molar-refractivity contribution in [3.63, 3.8) is 0 Å². The maximum absolute atomic E-state index is 13.3. The topological polar surface area (TPSA) is 255 Å². The minimum Gasteiger partial charge on any atom is -0.444 e. The Morgan fingerprint density at radius 1 is 0.984 bits per heavy atom. The fourth-order valence-electron chi connectivity index (χ4n) is 7.19. The fraction of sp³-hybridized carbons (Fsp3) is 0.425. The first-order valence-electron chi connectivity index (χ1n) is 20.0. The van der Waals surface area contributed by atoms with Gasteiger partial charge < -0.3 is 35.0 Å². The number of aryl methyl sites for hydroxylation is 1. The summed E-state index contributed by atoms with van der Waals surface area (Å²) >= 11 is 0. The number of pyridine rings is 1. The largest absolute Gasteiger partial charge is 0.444 e. The zero-order valence-corrected chi connectivity index (χ0v) is 33.7. The van der Waals surface area contributed by atoms with Gasteiger partial charge in [0.2, 0.25) is 17.7 Å². The number of anilines is 2. The second kappa shape index (κ2) is 19.7. The average molecular weight is 881 g/mol. The number of carbonyl (C=O) groups excluding carboxylic acids is 6. The van der Waals surface area contributed by atoms with Crippen LogP contribution in [0.5, 0.6) is 0 Å². The Labute approximate surface area is 356 Å². The van der Waals surface area contributed by atoms with Gasteiger partial charge in [-0.2, -0.15) is 18.3 Å². The summed E-state index contributed by atoms with van der Waals surface area (Å²) in [5.41, 5.74) is 6.79. The quantitative estimate of drug-likeness (QED) is 0.0691. The number of primary amides is 1. The third-order valence-corrected chi connectivity index (χ3v) is 10.3. The number of nitrogens with zero attached hydrogens (tertiary/aromatic N) is 6. The standard InChI is InChI=1S/C40H43F3N10O10/c41-40(42,43)22-46-30-17-24(8-9-45-30)37-48-28(21-63-37)35(56)47-27-20-52(50-33(27)34(44)55)25-18-51(19-25)10-12-61-14-16-62-15-13-60-11-2-4-23-3-1-5-26-32(23)39(59)53(38(26)58)29-6-7-31(54)49-36(29)57/h1,3,5,8-9,17,20-21,25,29H,2,4,6-7,10-16,18-19,22H2,(H2,44,55)(H,45,46)(H,47,56)(H,49,54,57). The number of likely N-dealkylation sites (tertiary alicyclic amines) is 1. The molecule has 23 heteroatoms. The number of rotatable bonds is 21. The summed E-state index contributed by atoms with van der Waals surface area (Å²) in [7, 11) is 0. The number of nitrogens with two attached hydrogens (primary N) is 1. The number of fused-ring (bicyclic) bond motifs is 1. The number of amides is 6. The summed E-state index contributed by atoms with van der Waals surface area (Å²) in [4.78, 5) is 86.4. The Kier molecular flexibility index (Phi) is 13.9. The zero-order chi connectivity index (χ0) is 44.7. The highest BCUT2D eigenvalue weighted by atomic mass is 19.4. The van der Waals surface area contributed by atoms with Crippen LogP contribution in [0, 0.1) is 0 Å². The normalized spacial score (nSPS) is 16.9. The first-order chi connectivity index (χ1) is 30.3. The molecule has 2 fully saturated rings. The molecule has 63 heavy (non-hydrogen) atoms. The van der Waals surface area contributed by atoms with Crippen LogP contribution in [0.25, 0.3) is 11.5 Å². The van der Waals surface area contributed by atoms with Crippen LogP contribution in [0.2, 0.25) is 0 Å². The summed E-state index contributed by atoms with van der Waals surface area (Å²) < 4.78 is 61.7. The maximum atomic E-state index is 13.3. The van der Waals surface area contributed by atoms with E-state index in [1.165, 1.54) is 24.5 Å². The number of carbonyl (C=O) groups is 6. The molecule has 0 bridgehead atoms. The third kappa shape index (κ3) is 10.9. The maximum Gasteiger partial charge on any atom is 0.405 e. The highest BCUT2D eigenvalue weighted by molar-refractivity contribution is 6.24. The van der Waals surface area contributed by atoms with Crippen LogP contribution in [0.3, 0.4) is 0 Å². The van der Waals surface area contributed by atoms with Gasteiger partial charge in [-0.05, 0) is 43.0 Å². The van der Waals surface area contributed by atoms with E-state index in [0.29, 0.717) is 77.7 Å². The van der Waals surface area contributed by atoms with Crippen molar-refractivity contribution in [3.8, 4) is 11.5 Å². The lowest BCUT2D eigenvalue weighted by molar-refractivity contribution is -0.136. The Hall–Kier alpha value is -6.56. The zero-order valence-electron chi connectivity index (χ0n) is 33.7. The van der Waals surface area contributed by atoms with Gasteiger partial charge in [-0.25, -0.2) is 9.97 Å². The SMILES string of the molecule is NC(=O)c1nn(C2CN(CCOCCOCCOCCCc3cccc4c3C(=O)N(C3CCC(=O)NC3=O)C4=O)C2)cc1NC(=O)c1coc(-c2ccnc(NCC(F)(F)F)c2)n1. The molecule has 7 rings (SSSR count). The predicted octanol–water partition coefficient (Wildman–Crippen LogP) is 2.20. The highest BCUT2D eigenvalue weighted by Gasteiger charge is 2.45. The van der Waals surface area contributed by atoms with E-state index in [4.69, 9.17) is 24.4 Å². The Balaban J connectivity index is 0.752. The number of halogens is 3. The second-order valence-corrected chi connectivity index (χ2v) is 14.8. The lowest BCUT2D eigenvalue weighted by Gasteiger charge is -2.39. The fourth-order valence-corrected chi connectivity index (χ4v) is 7.19. The Bertz CT molecular complexity index is 2360. The average Bonchev–Trinajstić information content (AvgIpc) is 3.95. The molecule has 3 aromatic heterocycles. The minimum absolute atomic E-state index is 0.0389. The van der Waals surface area contributed by atoms with Gasteiger partial charge in [-0.3, -0.25) is 48.6 Å². The molecule has 0 saturated carbocycles. The van der Waals surface area contributed by atoms with Gasteiger partial charge >= 0.3 is 6.18 Å². The number of hydrogen-bond acceptors (Lipinski definition) is 15. The number of piperidine rings is 1. The van der Waals surface area contributed by atoms with Crippen molar-refractivity contribution in [3.05, 3.63) is 77.1 Å². The van der Waals surface area contributed by atoms with Gasteiger partial charge in [0.05, 0.1) is 55.9 Å².